The molecular weight excluding hydrogens is 272 g/mol. The van der Waals surface area contributed by atoms with Crippen molar-refractivity contribution in [2.75, 3.05) is 6.54 Å². The minimum absolute atomic E-state index is 0.221. The third kappa shape index (κ3) is 5.18. The molecule has 0 aliphatic rings. The summed E-state index contributed by atoms with van der Waals surface area (Å²) in [5.74, 6) is -0.803. The van der Waals surface area contributed by atoms with Crippen molar-refractivity contribution in [1.82, 2.24) is 5.32 Å². The van der Waals surface area contributed by atoms with Crippen LogP contribution in [0.4, 0.5) is 8.78 Å². The van der Waals surface area contributed by atoms with Gasteiger partial charge in [0.2, 0.25) is 5.91 Å². The number of benzene rings is 2. The number of carbonyl (C=O) groups is 1. The Balaban J connectivity index is 1.77. The molecule has 0 heterocycles. The van der Waals surface area contributed by atoms with Crippen LogP contribution in [0, 0.1) is 11.6 Å². The van der Waals surface area contributed by atoms with Gasteiger partial charge in [0.05, 0.1) is 0 Å². The summed E-state index contributed by atoms with van der Waals surface area (Å²) in [4.78, 5) is 11.6. The van der Waals surface area contributed by atoms with Crippen LogP contribution in [0.25, 0.3) is 6.08 Å². The molecule has 0 unspecified atom stereocenters. The smallest absolute Gasteiger partial charge is 0.244 e. The second-order valence-corrected chi connectivity index (χ2v) is 4.55. The molecule has 2 rings (SSSR count). The quantitative estimate of drug-likeness (QED) is 0.840. The molecule has 4 heteroatoms. The Bertz CT molecular complexity index is 618. The minimum Gasteiger partial charge on any atom is -0.352 e. The van der Waals surface area contributed by atoms with Gasteiger partial charge in [0.15, 0.2) is 0 Å². The molecule has 0 saturated heterocycles. The molecule has 0 spiro atoms. The van der Waals surface area contributed by atoms with Gasteiger partial charge in [-0.1, -0.05) is 24.3 Å². The monoisotopic (exact) mass is 287 g/mol. The molecule has 1 N–H and O–H groups in total. The number of halogens is 2. The lowest BCUT2D eigenvalue weighted by atomic mass is 10.1. The van der Waals surface area contributed by atoms with E-state index in [2.05, 4.69) is 5.32 Å². The van der Waals surface area contributed by atoms with Crippen molar-refractivity contribution in [3.63, 3.8) is 0 Å². The number of rotatable bonds is 5. The number of nitrogens with one attached hydrogen (secondary N) is 1. The van der Waals surface area contributed by atoms with E-state index in [0.29, 0.717) is 13.0 Å². The average Bonchev–Trinajstić information content (AvgIpc) is 2.49. The van der Waals surface area contributed by atoms with Gasteiger partial charge in [-0.3, -0.25) is 4.79 Å². The molecule has 2 aromatic rings. The van der Waals surface area contributed by atoms with Gasteiger partial charge >= 0.3 is 0 Å². The largest absolute Gasteiger partial charge is 0.352 e. The van der Waals surface area contributed by atoms with Crippen LogP contribution in [0.2, 0.25) is 0 Å². The lowest BCUT2D eigenvalue weighted by Gasteiger charge is -2.02. The van der Waals surface area contributed by atoms with Crippen LogP contribution in [0.15, 0.2) is 54.6 Å². The molecule has 0 aromatic heterocycles. The standard InChI is InChI=1S/C17H15F2NO/c18-15-6-1-13(2-7-15)5-10-17(21)20-12-11-14-3-8-16(19)9-4-14/h1-10H,11-12H2,(H,20,21). The molecule has 0 aliphatic heterocycles. The van der Waals surface area contributed by atoms with Crippen molar-refractivity contribution in [3.8, 4) is 0 Å². The molecule has 0 radical (unpaired) electrons. The Morgan fingerprint density at radius 2 is 1.52 bits per heavy atom. The number of carbonyl (C=O) groups excluding carboxylic acids is 1. The first-order valence-corrected chi connectivity index (χ1v) is 6.59. The number of hydrogen-bond donors (Lipinski definition) is 1. The van der Waals surface area contributed by atoms with Gasteiger partial charge in [-0.05, 0) is 47.9 Å². The van der Waals surface area contributed by atoms with Gasteiger partial charge in [0.1, 0.15) is 11.6 Å². The maximum atomic E-state index is 12.7. The molecule has 0 saturated carbocycles. The zero-order chi connectivity index (χ0) is 15.1. The highest BCUT2D eigenvalue weighted by molar-refractivity contribution is 5.91. The summed E-state index contributed by atoms with van der Waals surface area (Å²) >= 11 is 0. The Hall–Kier alpha value is -2.49. The zero-order valence-corrected chi connectivity index (χ0v) is 11.4. The van der Waals surface area contributed by atoms with E-state index < -0.39 is 0 Å². The predicted octanol–water partition coefficient (Wildman–Crippen LogP) is 3.34. The Morgan fingerprint density at radius 1 is 0.952 bits per heavy atom. The maximum absolute atomic E-state index is 12.7. The highest BCUT2D eigenvalue weighted by Gasteiger charge is 1.97. The zero-order valence-electron chi connectivity index (χ0n) is 11.4. The van der Waals surface area contributed by atoms with Crippen molar-refractivity contribution in [1.29, 1.82) is 0 Å². The lowest BCUT2D eigenvalue weighted by molar-refractivity contribution is -0.116. The van der Waals surface area contributed by atoms with Crippen molar-refractivity contribution < 1.29 is 13.6 Å². The van der Waals surface area contributed by atoms with E-state index in [-0.39, 0.29) is 17.5 Å². The summed E-state index contributed by atoms with van der Waals surface area (Å²) in [6.07, 6.45) is 3.65. The van der Waals surface area contributed by atoms with Crippen molar-refractivity contribution in [3.05, 3.63) is 77.4 Å². The highest BCUT2D eigenvalue weighted by Crippen LogP contribution is 2.05. The van der Waals surface area contributed by atoms with Crippen molar-refractivity contribution in [2.24, 2.45) is 0 Å². The Morgan fingerprint density at radius 3 is 2.14 bits per heavy atom. The summed E-state index contributed by atoms with van der Waals surface area (Å²) in [7, 11) is 0. The van der Waals surface area contributed by atoms with Crippen molar-refractivity contribution in [2.45, 2.75) is 6.42 Å². The van der Waals surface area contributed by atoms with Crippen LogP contribution in [-0.4, -0.2) is 12.5 Å². The Kier molecular flexibility index (Phi) is 5.21. The maximum Gasteiger partial charge on any atom is 0.244 e. The second-order valence-electron chi connectivity index (χ2n) is 4.55. The topological polar surface area (TPSA) is 29.1 Å². The molecule has 2 aromatic carbocycles. The molecule has 0 bridgehead atoms. The van der Waals surface area contributed by atoms with Crippen LogP contribution in [0.5, 0.6) is 0 Å². The third-order valence-corrected chi connectivity index (χ3v) is 2.92. The minimum atomic E-state index is -0.309. The first-order valence-electron chi connectivity index (χ1n) is 6.59. The van der Waals surface area contributed by atoms with Crippen LogP contribution < -0.4 is 5.32 Å². The van der Waals surface area contributed by atoms with Gasteiger partial charge in [0.25, 0.3) is 0 Å². The van der Waals surface area contributed by atoms with E-state index in [4.69, 9.17) is 0 Å². The van der Waals surface area contributed by atoms with Gasteiger partial charge in [-0.25, -0.2) is 8.78 Å². The highest BCUT2D eigenvalue weighted by atomic mass is 19.1. The molecule has 1 amide bonds. The van der Waals surface area contributed by atoms with Gasteiger partial charge < -0.3 is 5.32 Å². The number of amides is 1. The van der Waals surface area contributed by atoms with Crippen LogP contribution in [0.3, 0.4) is 0 Å². The summed E-state index contributed by atoms with van der Waals surface area (Å²) in [6, 6.07) is 12.0. The summed E-state index contributed by atoms with van der Waals surface area (Å²) in [5.41, 5.74) is 1.71. The summed E-state index contributed by atoms with van der Waals surface area (Å²) in [6.45, 7) is 0.470. The van der Waals surface area contributed by atoms with Gasteiger partial charge in [-0.15, -0.1) is 0 Å². The molecule has 0 atom stereocenters. The normalized spacial score (nSPS) is 10.8. The second kappa shape index (κ2) is 7.33. The van der Waals surface area contributed by atoms with Gasteiger partial charge in [0, 0.05) is 12.6 Å². The van der Waals surface area contributed by atoms with Crippen molar-refractivity contribution >= 4 is 12.0 Å². The van der Waals surface area contributed by atoms with E-state index in [1.54, 1.807) is 30.3 Å². The summed E-state index contributed by atoms with van der Waals surface area (Å²) in [5, 5.41) is 2.73. The first-order chi connectivity index (χ1) is 10.1. The fourth-order valence-electron chi connectivity index (χ4n) is 1.79. The molecule has 0 fully saturated rings. The van der Waals surface area contributed by atoms with E-state index in [0.717, 1.165) is 11.1 Å². The van der Waals surface area contributed by atoms with E-state index in [9.17, 15) is 13.6 Å². The van der Waals surface area contributed by atoms with E-state index in [1.165, 1.54) is 30.3 Å². The average molecular weight is 287 g/mol. The predicted molar refractivity (Wildman–Crippen MR) is 78.5 cm³/mol. The van der Waals surface area contributed by atoms with Crippen LogP contribution in [0.1, 0.15) is 11.1 Å². The van der Waals surface area contributed by atoms with Crippen LogP contribution >= 0.6 is 0 Å². The third-order valence-electron chi connectivity index (χ3n) is 2.92. The lowest BCUT2D eigenvalue weighted by Crippen LogP contribution is -2.23. The fraction of sp³-hybridized carbons (Fsp3) is 0.118. The van der Waals surface area contributed by atoms with E-state index >= 15 is 0 Å². The fourth-order valence-corrected chi connectivity index (χ4v) is 1.79. The van der Waals surface area contributed by atoms with Gasteiger partial charge in [-0.2, -0.15) is 0 Å². The molecule has 2 nitrogen and oxygen atoms in total. The van der Waals surface area contributed by atoms with E-state index in [1.807, 2.05) is 0 Å². The molecule has 21 heavy (non-hydrogen) atoms. The molecule has 108 valence electrons. The van der Waals surface area contributed by atoms with Crippen LogP contribution in [-0.2, 0) is 11.2 Å². The SMILES string of the molecule is O=C(C=Cc1ccc(F)cc1)NCCc1ccc(F)cc1. The Labute approximate surface area is 122 Å². The molecule has 0 aliphatic carbocycles. The molecular formula is C17H15F2NO. The summed E-state index contributed by atoms with van der Waals surface area (Å²) < 4.78 is 25.4. The first kappa shape index (κ1) is 14.9. The number of hydrogen-bond acceptors (Lipinski definition) is 1.